The third kappa shape index (κ3) is 4.38. The fraction of sp³-hybridized carbons (Fsp3) is 0.462. The molecule has 112 valence electrons. The average molecular weight is 310 g/mol. The molecule has 0 spiro atoms. The normalized spacial score (nSPS) is 13.6. The number of carbonyl (C=O) groups is 1. The first-order valence-electron chi connectivity index (χ1n) is 5.94. The molecule has 0 amide bonds. The van der Waals surface area contributed by atoms with E-state index in [4.69, 9.17) is 16.7 Å². The van der Waals surface area contributed by atoms with Gasteiger partial charge in [-0.15, -0.1) is 0 Å². The summed E-state index contributed by atoms with van der Waals surface area (Å²) in [6, 6.07) is 2.70. The smallest absolute Gasteiger partial charge is 0.417 e. The molecule has 2 N–H and O–H groups in total. The third-order valence-corrected chi connectivity index (χ3v) is 3.12. The lowest BCUT2D eigenvalue weighted by Gasteiger charge is -2.18. The number of halogens is 4. The summed E-state index contributed by atoms with van der Waals surface area (Å²) in [6.07, 6.45) is -4.53. The Kier molecular flexibility index (Phi) is 5.42. The second-order valence-corrected chi connectivity index (χ2v) is 5.16. The van der Waals surface area contributed by atoms with Gasteiger partial charge in [0.2, 0.25) is 0 Å². The van der Waals surface area contributed by atoms with Crippen LogP contribution in [0.1, 0.15) is 25.0 Å². The molecule has 3 nitrogen and oxygen atoms in total. The molecular formula is C13H15ClF3NO2. The van der Waals surface area contributed by atoms with Crippen LogP contribution in [0.3, 0.4) is 0 Å². The summed E-state index contributed by atoms with van der Waals surface area (Å²) in [6.45, 7) is 3.46. The Hall–Kier alpha value is -1.27. The Balaban J connectivity index is 2.87. The van der Waals surface area contributed by atoms with E-state index in [-0.39, 0.29) is 17.5 Å². The van der Waals surface area contributed by atoms with Crippen LogP contribution in [0.4, 0.5) is 13.2 Å². The van der Waals surface area contributed by atoms with Crippen molar-refractivity contribution in [3.8, 4) is 0 Å². The molecule has 1 rings (SSSR count). The predicted molar refractivity (Wildman–Crippen MR) is 69.6 cm³/mol. The van der Waals surface area contributed by atoms with Gasteiger partial charge in [-0.3, -0.25) is 4.79 Å². The molecule has 20 heavy (non-hydrogen) atoms. The zero-order valence-corrected chi connectivity index (χ0v) is 11.7. The summed E-state index contributed by atoms with van der Waals surface area (Å²) >= 11 is 5.51. The van der Waals surface area contributed by atoms with Gasteiger partial charge < -0.3 is 10.4 Å². The molecule has 1 aromatic rings. The Bertz CT molecular complexity index is 489. The van der Waals surface area contributed by atoms with Crippen molar-refractivity contribution in [3.63, 3.8) is 0 Å². The van der Waals surface area contributed by atoms with E-state index in [0.29, 0.717) is 5.56 Å². The van der Waals surface area contributed by atoms with E-state index >= 15 is 0 Å². The largest absolute Gasteiger partial charge is 0.480 e. The van der Waals surface area contributed by atoms with Crippen LogP contribution in [0.5, 0.6) is 0 Å². The van der Waals surface area contributed by atoms with Crippen molar-refractivity contribution in [2.45, 2.75) is 32.6 Å². The van der Waals surface area contributed by atoms with Crippen molar-refractivity contribution in [3.05, 3.63) is 34.3 Å². The molecule has 1 aromatic carbocycles. The zero-order valence-electron chi connectivity index (χ0n) is 11.0. The highest BCUT2D eigenvalue weighted by Gasteiger charge is 2.33. The van der Waals surface area contributed by atoms with Crippen LogP contribution in [0, 0.1) is 5.92 Å². The fourth-order valence-electron chi connectivity index (χ4n) is 1.74. The molecule has 0 aliphatic carbocycles. The van der Waals surface area contributed by atoms with Gasteiger partial charge in [-0.2, -0.15) is 13.2 Å². The number of rotatable bonds is 5. The Morgan fingerprint density at radius 3 is 2.45 bits per heavy atom. The molecule has 0 unspecified atom stereocenters. The molecule has 0 fully saturated rings. The van der Waals surface area contributed by atoms with Gasteiger partial charge in [0.15, 0.2) is 0 Å². The third-order valence-electron chi connectivity index (χ3n) is 2.79. The number of alkyl halides is 3. The number of nitrogens with one attached hydrogen (secondary N) is 1. The van der Waals surface area contributed by atoms with E-state index in [1.807, 2.05) is 0 Å². The standard InChI is InChI=1S/C13H15ClF3NO2/c1-7(2)11(12(19)20)18-6-8-3-4-10(14)9(5-8)13(15,16)17/h3-5,7,11,18H,6H2,1-2H3,(H,19,20)/t11-/m1/s1. The average Bonchev–Trinajstić information content (AvgIpc) is 2.28. The van der Waals surface area contributed by atoms with E-state index in [9.17, 15) is 18.0 Å². The first kappa shape index (κ1) is 16.8. The molecule has 0 bridgehead atoms. The minimum absolute atomic E-state index is 0.0232. The summed E-state index contributed by atoms with van der Waals surface area (Å²) in [5.41, 5.74) is -0.594. The molecule has 0 saturated heterocycles. The van der Waals surface area contributed by atoms with Crippen molar-refractivity contribution in [1.29, 1.82) is 0 Å². The van der Waals surface area contributed by atoms with Gasteiger partial charge in [-0.05, 0) is 23.6 Å². The number of hydrogen-bond acceptors (Lipinski definition) is 2. The molecule has 0 aliphatic heterocycles. The first-order chi connectivity index (χ1) is 9.12. The molecule has 0 aromatic heterocycles. The summed E-state index contributed by atoms with van der Waals surface area (Å²) in [4.78, 5) is 11.0. The molecule has 0 heterocycles. The van der Waals surface area contributed by atoms with Crippen molar-refractivity contribution in [2.24, 2.45) is 5.92 Å². The maximum atomic E-state index is 12.7. The number of carboxylic acids is 1. The van der Waals surface area contributed by atoms with Crippen LogP contribution in [-0.2, 0) is 17.5 Å². The number of benzene rings is 1. The Labute approximate surface area is 119 Å². The van der Waals surface area contributed by atoms with Crippen LogP contribution >= 0.6 is 11.6 Å². The van der Waals surface area contributed by atoms with Crippen molar-refractivity contribution in [1.82, 2.24) is 5.32 Å². The number of aliphatic carboxylic acids is 1. The molecule has 7 heteroatoms. The van der Waals surface area contributed by atoms with E-state index in [2.05, 4.69) is 5.32 Å². The second kappa shape index (κ2) is 6.45. The van der Waals surface area contributed by atoms with Crippen molar-refractivity contribution >= 4 is 17.6 Å². The predicted octanol–water partition coefficient (Wildman–Crippen LogP) is 3.56. The lowest BCUT2D eigenvalue weighted by molar-refractivity contribution is -0.141. The van der Waals surface area contributed by atoms with E-state index in [0.717, 1.165) is 12.1 Å². The van der Waals surface area contributed by atoms with Crippen molar-refractivity contribution in [2.75, 3.05) is 0 Å². The van der Waals surface area contributed by atoms with Crippen molar-refractivity contribution < 1.29 is 23.1 Å². The maximum Gasteiger partial charge on any atom is 0.417 e. The minimum Gasteiger partial charge on any atom is -0.480 e. The highest BCUT2D eigenvalue weighted by Crippen LogP contribution is 2.35. The lowest BCUT2D eigenvalue weighted by Crippen LogP contribution is -2.40. The highest BCUT2D eigenvalue weighted by atomic mass is 35.5. The molecule has 1 atom stereocenters. The van der Waals surface area contributed by atoms with Crippen LogP contribution in [0.15, 0.2) is 18.2 Å². The molecule has 0 aliphatic rings. The lowest BCUT2D eigenvalue weighted by atomic mass is 10.0. The van der Waals surface area contributed by atoms with Gasteiger partial charge in [0.25, 0.3) is 0 Å². The van der Waals surface area contributed by atoms with Crippen LogP contribution in [-0.4, -0.2) is 17.1 Å². The van der Waals surface area contributed by atoms with E-state index in [1.165, 1.54) is 6.07 Å². The fourth-order valence-corrected chi connectivity index (χ4v) is 1.96. The molecular weight excluding hydrogens is 295 g/mol. The van der Waals surface area contributed by atoms with Crippen LogP contribution < -0.4 is 5.32 Å². The van der Waals surface area contributed by atoms with E-state index in [1.54, 1.807) is 13.8 Å². The summed E-state index contributed by atoms with van der Waals surface area (Å²) in [5, 5.41) is 11.3. The summed E-state index contributed by atoms with van der Waals surface area (Å²) < 4.78 is 38.1. The maximum absolute atomic E-state index is 12.7. The summed E-state index contributed by atoms with van der Waals surface area (Å²) in [5.74, 6) is -1.22. The Morgan fingerprint density at radius 2 is 2.00 bits per heavy atom. The second-order valence-electron chi connectivity index (χ2n) is 4.75. The topological polar surface area (TPSA) is 49.3 Å². The van der Waals surface area contributed by atoms with Crippen LogP contribution in [0.25, 0.3) is 0 Å². The van der Waals surface area contributed by atoms with Gasteiger partial charge in [0, 0.05) is 6.54 Å². The first-order valence-corrected chi connectivity index (χ1v) is 6.32. The number of hydrogen-bond donors (Lipinski definition) is 2. The SMILES string of the molecule is CC(C)[C@@H](NCc1ccc(Cl)c(C(F)(F)F)c1)C(=O)O. The minimum atomic E-state index is -4.53. The molecule has 0 radical (unpaired) electrons. The van der Waals surface area contributed by atoms with Crippen LogP contribution in [0.2, 0.25) is 5.02 Å². The quantitative estimate of drug-likeness (QED) is 0.874. The van der Waals surface area contributed by atoms with E-state index < -0.39 is 23.8 Å². The molecule has 0 saturated carbocycles. The van der Waals surface area contributed by atoms with Gasteiger partial charge in [0.1, 0.15) is 6.04 Å². The Morgan fingerprint density at radius 1 is 1.40 bits per heavy atom. The monoisotopic (exact) mass is 309 g/mol. The number of carboxylic acid groups (broad SMARTS) is 1. The summed E-state index contributed by atoms with van der Waals surface area (Å²) in [7, 11) is 0. The van der Waals surface area contributed by atoms with Gasteiger partial charge >= 0.3 is 12.1 Å². The van der Waals surface area contributed by atoms with Gasteiger partial charge in [-0.25, -0.2) is 0 Å². The zero-order chi connectivity index (χ0) is 15.5. The van der Waals surface area contributed by atoms with Gasteiger partial charge in [0.05, 0.1) is 10.6 Å². The highest BCUT2D eigenvalue weighted by molar-refractivity contribution is 6.31. The van der Waals surface area contributed by atoms with Gasteiger partial charge in [-0.1, -0.05) is 31.5 Å².